The van der Waals surface area contributed by atoms with Crippen LogP contribution in [0.25, 0.3) is 0 Å². The Hall–Kier alpha value is -2.38. The van der Waals surface area contributed by atoms with E-state index in [0.717, 1.165) is 11.3 Å². The van der Waals surface area contributed by atoms with E-state index >= 15 is 0 Å². The number of nitrogens with zero attached hydrogens (tertiary/aromatic N) is 1. The number of halogens is 1. The third kappa shape index (κ3) is 3.39. The van der Waals surface area contributed by atoms with Gasteiger partial charge in [0.2, 0.25) is 0 Å². The second-order valence-corrected chi connectivity index (χ2v) is 5.05. The zero-order chi connectivity index (χ0) is 15.4. The van der Waals surface area contributed by atoms with Crippen LogP contribution >= 0.6 is 11.6 Å². The number of aromatic hydroxyl groups is 1. The van der Waals surface area contributed by atoms with E-state index in [9.17, 15) is 5.11 Å². The molecule has 0 aliphatic carbocycles. The van der Waals surface area contributed by atoms with E-state index < -0.39 is 0 Å². The molecule has 0 saturated heterocycles. The summed E-state index contributed by atoms with van der Waals surface area (Å²) >= 11 is 6.00. The maximum Gasteiger partial charge on any atom is 0.162 e. The van der Waals surface area contributed by atoms with Crippen molar-refractivity contribution in [1.82, 2.24) is 0 Å². The zero-order valence-corrected chi connectivity index (χ0v) is 12.5. The fourth-order valence-electron chi connectivity index (χ4n) is 1.99. The van der Waals surface area contributed by atoms with Crippen molar-refractivity contribution in [2.24, 2.45) is 0 Å². The smallest absolute Gasteiger partial charge is 0.162 e. The van der Waals surface area contributed by atoms with Crippen molar-refractivity contribution in [3.63, 3.8) is 0 Å². The lowest BCUT2D eigenvalue weighted by molar-refractivity contribution is 0.371. The van der Waals surface area contributed by atoms with E-state index in [2.05, 4.69) is 11.4 Å². The minimum atomic E-state index is 0.0588. The van der Waals surface area contributed by atoms with E-state index in [1.54, 1.807) is 24.3 Å². The van der Waals surface area contributed by atoms with Gasteiger partial charge in [-0.25, -0.2) is 0 Å². The summed E-state index contributed by atoms with van der Waals surface area (Å²) in [5.74, 6) is 0.394. The number of benzene rings is 2. The Morgan fingerprint density at radius 3 is 2.76 bits per heavy atom. The van der Waals surface area contributed by atoms with Crippen molar-refractivity contribution in [2.75, 3.05) is 12.4 Å². The van der Waals surface area contributed by atoms with E-state index in [0.29, 0.717) is 28.4 Å². The molecule has 4 nitrogen and oxygen atoms in total. The molecule has 0 saturated carbocycles. The van der Waals surface area contributed by atoms with Crippen molar-refractivity contribution < 1.29 is 9.84 Å². The Morgan fingerprint density at radius 2 is 2.10 bits per heavy atom. The van der Waals surface area contributed by atoms with Gasteiger partial charge in [-0.05, 0) is 30.7 Å². The Kier molecular flexibility index (Phi) is 4.56. The van der Waals surface area contributed by atoms with Crippen LogP contribution < -0.4 is 10.1 Å². The number of nitriles is 1. The van der Waals surface area contributed by atoms with Crippen LogP contribution in [0.5, 0.6) is 11.5 Å². The molecule has 0 radical (unpaired) electrons. The summed E-state index contributed by atoms with van der Waals surface area (Å²) in [5.41, 5.74) is 3.06. The van der Waals surface area contributed by atoms with Crippen LogP contribution in [0.3, 0.4) is 0 Å². The van der Waals surface area contributed by atoms with Crippen LogP contribution in [-0.4, -0.2) is 12.2 Å². The predicted molar refractivity (Wildman–Crippen MR) is 82.9 cm³/mol. The molecular formula is C16H15ClN2O2. The molecule has 0 spiro atoms. The molecule has 2 N–H and O–H groups in total. The first-order valence-corrected chi connectivity index (χ1v) is 6.73. The standard InChI is InChI=1S/C16H15ClN2O2/c1-10-3-4-11(8-18)5-14(10)19-9-12-6-13(17)7-15(21-2)16(12)20/h3-7,19-20H,9H2,1-2H3. The highest BCUT2D eigenvalue weighted by Crippen LogP contribution is 2.34. The van der Waals surface area contributed by atoms with E-state index in [4.69, 9.17) is 21.6 Å². The molecular weight excluding hydrogens is 288 g/mol. The fraction of sp³-hybridized carbons (Fsp3) is 0.188. The second kappa shape index (κ2) is 6.38. The Morgan fingerprint density at radius 1 is 1.33 bits per heavy atom. The largest absolute Gasteiger partial charge is 0.504 e. The van der Waals surface area contributed by atoms with Gasteiger partial charge >= 0.3 is 0 Å². The Bertz CT molecular complexity index is 708. The molecule has 0 aliphatic rings. The lowest BCUT2D eigenvalue weighted by atomic mass is 10.1. The predicted octanol–water partition coefficient (Wildman–Crippen LogP) is 3.85. The molecule has 2 aromatic rings. The molecule has 2 aromatic carbocycles. The highest BCUT2D eigenvalue weighted by Gasteiger charge is 2.10. The first-order chi connectivity index (χ1) is 10.0. The topological polar surface area (TPSA) is 65.3 Å². The molecule has 0 amide bonds. The van der Waals surface area contributed by atoms with Crippen LogP contribution in [0.15, 0.2) is 30.3 Å². The zero-order valence-electron chi connectivity index (χ0n) is 11.8. The quantitative estimate of drug-likeness (QED) is 0.900. The first-order valence-electron chi connectivity index (χ1n) is 6.35. The average Bonchev–Trinajstić information content (AvgIpc) is 2.49. The molecule has 2 rings (SSSR count). The van der Waals surface area contributed by atoms with Gasteiger partial charge in [0.05, 0.1) is 18.7 Å². The number of anilines is 1. The molecule has 0 aromatic heterocycles. The van der Waals surface area contributed by atoms with Gasteiger partial charge in [0.25, 0.3) is 0 Å². The van der Waals surface area contributed by atoms with E-state index in [1.165, 1.54) is 7.11 Å². The number of hydrogen-bond acceptors (Lipinski definition) is 4. The van der Waals surface area contributed by atoms with Gasteiger partial charge in [0.15, 0.2) is 11.5 Å². The highest BCUT2D eigenvalue weighted by molar-refractivity contribution is 6.30. The monoisotopic (exact) mass is 302 g/mol. The van der Waals surface area contributed by atoms with Crippen molar-refractivity contribution in [3.05, 3.63) is 52.0 Å². The molecule has 21 heavy (non-hydrogen) atoms. The molecule has 5 heteroatoms. The van der Waals surface area contributed by atoms with Gasteiger partial charge in [0.1, 0.15) is 0 Å². The van der Waals surface area contributed by atoms with Crippen LogP contribution in [-0.2, 0) is 6.54 Å². The van der Waals surface area contributed by atoms with Crippen molar-refractivity contribution in [1.29, 1.82) is 5.26 Å². The summed E-state index contributed by atoms with van der Waals surface area (Å²) < 4.78 is 5.07. The summed E-state index contributed by atoms with van der Waals surface area (Å²) in [6.07, 6.45) is 0. The summed E-state index contributed by atoms with van der Waals surface area (Å²) in [7, 11) is 1.48. The number of rotatable bonds is 4. The van der Waals surface area contributed by atoms with Crippen LogP contribution in [0.2, 0.25) is 5.02 Å². The van der Waals surface area contributed by atoms with Crippen molar-refractivity contribution in [3.8, 4) is 17.6 Å². The molecule has 0 unspecified atom stereocenters. The van der Waals surface area contributed by atoms with E-state index in [-0.39, 0.29) is 5.75 Å². The Labute approximate surface area is 128 Å². The first kappa shape index (κ1) is 15.0. The second-order valence-electron chi connectivity index (χ2n) is 4.61. The van der Waals surface area contributed by atoms with Gasteiger partial charge in [-0.3, -0.25) is 0 Å². The minimum absolute atomic E-state index is 0.0588. The number of methoxy groups -OCH3 is 1. The Balaban J connectivity index is 2.25. The van der Waals surface area contributed by atoms with Crippen LogP contribution in [0, 0.1) is 18.3 Å². The molecule has 0 heterocycles. The van der Waals surface area contributed by atoms with Gasteiger partial charge in [0, 0.05) is 28.9 Å². The molecule has 0 aliphatic heterocycles. The molecule has 0 bridgehead atoms. The minimum Gasteiger partial charge on any atom is -0.504 e. The highest BCUT2D eigenvalue weighted by atomic mass is 35.5. The van der Waals surface area contributed by atoms with Crippen LogP contribution in [0.4, 0.5) is 5.69 Å². The van der Waals surface area contributed by atoms with Crippen molar-refractivity contribution >= 4 is 17.3 Å². The maximum atomic E-state index is 10.1. The third-order valence-corrected chi connectivity index (χ3v) is 3.39. The normalized spacial score (nSPS) is 10.0. The van der Waals surface area contributed by atoms with Crippen molar-refractivity contribution in [2.45, 2.75) is 13.5 Å². The fourth-order valence-corrected chi connectivity index (χ4v) is 2.22. The number of phenolic OH excluding ortho intramolecular Hbond substituents is 1. The maximum absolute atomic E-state index is 10.1. The summed E-state index contributed by atoms with van der Waals surface area (Å²) in [6, 6.07) is 10.7. The summed E-state index contributed by atoms with van der Waals surface area (Å²) in [6.45, 7) is 2.32. The number of ether oxygens (including phenoxy) is 1. The lowest BCUT2D eigenvalue weighted by Gasteiger charge is -2.13. The number of hydrogen-bond donors (Lipinski definition) is 2. The number of phenols is 1. The molecule has 108 valence electrons. The van der Waals surface area contributed by atoms with Gasteiger partial charge < -0.3 is 15.2 Å². The SMILES string of the molecule is COc1cc(Cl)cc(CNc2cc(C#N)ccc2C)c1O. The number of aryl methyl sites for hydroxylation is 1. The number of nitrogens with one attached hydrogen (secondary N) is 1. The van der Waals surface area contributed by atoms with Crippen LogP contribution in [0.1, 0.15) is 16.7 Å². The average molecular weight is 303 g/mol. The van der Waals surface area contributed by atoms with Gasteiger partial charge in [-0.2, -0.15) is 5.26 Å². The molecule has 0 atom stereocenters. The lowest BCUT2D eigenvalue weighted by Crippen LogP contribution is -2.02. The third-order valence-electron chi connectivity index (χ3n) is 3.17. The molecule has 0 fully saturated rings. The summed E-state index contributed by atoms with van der Waals surface area (Å²) in [4.78, 5) is 0. The van der Waals surface area contributed by atoms with Gasteiger partial charge in [-0.1, -0.05) is 17.7 Å². The summed E-state index contributed by atoms with van der Waals surface area (Å²) in [5, 5.41) is 22.7. The van der Waals surface area contributed by atoms with Gasteiger partial charge in [-0.15, -0.1) is 0 Å². The van der Waals surface area contributed by atoms with E-state index in [1.807, 2.05) is 13.0 Å².